The smallest absolute Gasteiger partial charge is 0.247 e. The average Bonchev–Trinajstić information content (AvgIpc) is 2.74. The number of carbonyl (C=O) groups is 1. The second kappa shape index (κ2) is 8.15. The molecule has 2 aromatic carbocycles. The number of amides is 1. The van der Waals surface area contributed by atoms with Gasteiger partial charge in [-0.25, -0.2) is 8.42 Å². The highest BCUT2D eigenvalue weighted by molar-refractivity contribution is 7.92. The van der Waals surface area contributed by atoms with Gasteiger partial charge in [-0.2, -0.15) is 0 Å². The molecule has 2 aromatic rings. The first-order valence-corrected chi connectivity index (χ1v) is 14.0. The molecule has 4 fully saturated rings. The summed E-state index contributed by atoms with van der Waals surface area (Å²) in [4.78, 5) is 13.0. The van der Waals surface area contributed by atoms with Crippen molar-refractivity contribution in [2.45, 2.75) is 63.8 Å². The van der Waals surface area contributed by atoms with E-state index in [1.54, 1.807) is 19.1 Å². The van der Waals surface area contributed by atoms with E-state index >= 15 is 0 Å². The first kappa shape index (κ1) is 22.5. The van der Waals surface area contributed by atoms with Gasteiger partial charge < -0.3 is 5.32 Å². The molecule has 0 aliphatic heterocycles. The zero-order valence-corrected chi connectivity index (χ0v) is 20.6. The lowest BCUT2D eigenvalue weighted by Gasteiger charge is -2.57. The second-order valence-corrected chi connectivity index (χ2v) is 12.7. The predicted molar refractivity (Wildman–Crippen MR) is 133 cm³/mol. The van der Waals surface area contributed by atoms with Gasteiger partial charge in [-0.15, -0.1) is 0 Å². The van der Waals surface area contributed by atoms with E-state index in [1.165, 1.54) is 48.4 Å². The highest BCUT2D eigenvalue weighted by atomic mass is 32.2. The van der Waals surface area contributed by atoms with Crippen LogP contribution >= 0.6 is 0 Å². The maximum absolute atomic E-state index is 13.0. The lowest BCUT2D eigenvalue weighted by atomic mass is 9.48. The molecule has 4 aliphatic carbocycles. The molecule has 4 saturated carbocycles. The van der Waals surface area contributed by atoms with E-state index in [0.717, 1.165) is 29.6 Å². The predicted octanol–water partition coefficient (Wildman–Crippen LogP) is 5.26. The second-order valence-electron chi connectivity index (χ2n) is 10.8. The molecule has 1 atom stereocenters. The van der Waals surface area contributed by atoms with Crippen LogP contribution in [0.3, 0.4) is 0 Å². The normalized spacial score (nSPS) is 29.0. The van der Waals surface area contributed by atoms with Crippen LogP contribution in [0.2, 0.25) is 0 Å². The maximum atomic E-state index is 13.0. The lowest BCUT2D eigenvalue weighted by molar-refractivity contribution is -0.116. The van der Waals surface area contributed by atoms with Crippen molar-refractivity contribution in [3.05, 3.63) is 59.7 Å². The fraction of sp³-hybridized carbons (Fsp3) is 0.519. The Morgan fingerprint density at radius 2 is 1.45 bits per heavy atom. The molecule has 0 spiro atoms. The van der Waals surface area contributed by atoms with Crippen molar-refractivity contribution in [1.82, 2.24) is 0 Å². The van der Waals surface area contributed by atoms with Gasteiger partial charge in [0, 0.05) is 5.69 Å². The fourth-order valence-corrected chi connectivity index (χ4v) is 8.29. The Hall–Kier alpha value is -2.34. The summed E-state index contributed by atoms with van der Waals surface area (Å²) < 4.78 is 26.2. The van der Waals surface area contributed by atoms with E-state index in [1.807, 2.05) is 31.2 Å². The van der Waals surface area contributed by atoms with E-state index in [-0.39, 0.29) is 5.91 Å². The Bertz CT molecular complexity index is 1100. The van der Waals surface area contributed by atoms with Crippen LogP contribution in [0.4, 0.5) is 11.4 Å². The fourth-order valence-electron chi connectivity index (χ4n) is 7.12. The van der Waals surface area contributed by atoms with Crippen LogP contribution in [-0.4, -0.2) is 26.6 Å². The van der Waals surface area contributed by atoms with E-state index in [4.69, 9.17) is 0 Å². The van der Waals surface area contributed by atoms with Crippen molar-refractivity contribution < 1.29 is 13.2 Å². The number of hydrogen-bond donors (Lipinski definition) is 1. The summed E-state index contributed by atoms with van der Waals surface area (Å²) in [5, 5.41) is 2.93. The average molecular weight is 467 g/mol. The molecular formula is C27H34N2O3S. The van der Waals surface area contributed by atoms with Gasteiger partial charge in [0.25, 0.3) is 0 Å². The highest BCUT2D eigenvalue weighted by Crippen LogP contribution is 2.60. The summed E-state index contributed by atoms with van der Waals surface area (Å²) in [7, 11) is -3.63. The van der Waals surface area contributed by atoms with Crippen molar-refractivity contribution in [2.24, 2.45) is 17.8 Å². The molecule has 33 heavy (non-hydrogen) atoms. The molecule has 4 bridgehead atoms. The Balaban J connectivity index is 1.32. The number of carbonyl (C=O) groups excluding carboxylic acids is 1. The summed E-state index contributed by atoms with van der Waals surface area (Å²) in [6, 6.07) is 14.6. The van der Waals surface area contributed by atoms with Gasteiger partial charge in [-0.05, 0) is 105 Å². The number of nitrogens with zero attached hydrogens (tertiary/aromatic N) is 1. The molecule has 4 aliphatic rings. The van der Waals surface area contributed by atoms with Crippen molar-refractivity contribution in [3.63, 3.8) is 0 Å². The Labute approximate surface area is 197 Å². The molecule has 0 radical (unpaired) electrons. The van der Waals surface area contributed by atoms with Gasteiger partial charge in [0.1, 0.15) is 6.04 Å². The minimum atomic E-state index is -3.63. The molecule has 1 amide bonds. The van der Waals surface area contributed by atoms with Gasteiger partial charge in [0.15, 0.2) is 0 Å². The molecule has 0 saturated heterocycles. The number of aryl methyl sites for hydroxylation is 1. The van der Waals surface area contributed by atoms with Crippen molar-refractivity contribution in [2.75, 3.05) is 15.9 Å². The SMILES string of the molecule is Cc1ccc(N([C@H](C)C(=O)Nc2ccc(C34CC5CC(CC(C5)C3)C4)cc2)S(C)(=O)=O)cc1. The van der Waals surface area contributed by atoms with Crippen LogP contribution in [0.1, 0.15) is 56.6 Å². The van der Waals surface area contributed by atoms with Gasteiger partial charge >= 0.3 is 0 Å². The molecule has 176 valence electrons. The number of rotatable bonds is 6. The molecule has 6 rings (SSSR count). The first-order chi connectivity index (χ1) is 15.6. The van der Waals surface area contributed by atoms with Crippen LogP contribution in [0.15, 0.2) is 48.5 Å². The van der Waals surface area contributed by atoms with E-state index in [0.29, 0.717) is 16.8 Å². The third-order valence-electron chi connectivity index (χ3n) is 8.18. The highest BCUT2D eigenvalue weighted by Gasteiger charge is 2.51. The van der Waals surface area contributed by atoms with Gasteiger partial charge in [0.2, 0.25) is 15.9 Å². The number of nitrogens with one attached hydrogen (secondary N) is 1. The van der Waals surface area contributed by atoms with Crippen LogP contribution in [0.5, 0.6) is 0 Å². The molecular weight excluding hydrogens is 432 g/mol. The summed E-state index contributed by atoms with van der Waals surface area (Å²) in [5.74, 6) is 2.32. The van der Waals surface area contributed by atoms with Crippen molar-refractivity contribution in [1.29, 1.82) is 0 Å². The minimum Gasteiger partial charge on any atom is -0.324 e. The van der Waals surface area contributed by atoms with Crippen LogP contribution in [-0.2, 0) is 20.2 Å². The Kier molecular flexibility index (Phi) is 5.55. The summed E-state index contributed by atoms with van der Waals surface area (Å²) in [6.45, 7) is 3.57. The van der Waals surface area contributed by atoms with E-state index in [9.17, 15) is 13.2 Å². The third-order valence-corrected chi connectivity index (χ3v) is 9.42. The number of hydrogen-bond acceptors (Lipinski definition) is 3. The Morgan fingerprint density at radius 1 is 0.939 bits per heavy atom. The monoisotopic (exact) mass is 466 g/mol. The molecule has 1 N–H and O–H groups in total. The molecule has 0 unspecified atom stereocenters. The van der Waals surface area contributed by atoms with Crippen LogP contribution < -0.4 is 9.62 Å². The molecule has 6 heteroatoms. The number of anilines is 2. The quantitative estimate of drug-likeness (QED) is 0.632. The summed E-state index contributed by atoms with van der Waals surface area (Å²) >= 11 is 0. The van der Waals surface area contributed by atoms with E-state index in [2.05, 4.69) is 17.4 Å². The van der Waals surface area contributed by atoms with Crippen LogP contribution in [0, 0.1) is 24.7 Å². The van der Waals surface area contributed by atoms with Gasteiger partial charge in [-0.3, -0.25) is 9.10 Å². The summed E-state index contributed by atoms with van der Waals surface area (Å²) in [5.41, 5.74) is 3.96. The van der Waals surface area contributed by atoms with Crippen LogP contribution in [0.25, 0.3) is 0 Å². The molecule has 5 nitrogen and oxygen atoms in total. The standard InChI is InChI=1S/C27H34N2O3S/c1-18-4-10-25(11-5-18)29(33(3,31)32)19(2)26(30)28-24-8-6-23(7-9-24)27-15-20-12-21(16-27)14-22(13-20)17-27/h4-11,19-22H,12-17H2,1-3H3,(H,28,30)/t19-,20?,21?,22?,27?/m1/s1. The maximum Gasteiger partial charge on any atom is 0.247 e. The molecule has 0 heterocycles. The van der Waals surface area contributed by atoms with E-state index < -0.39 is 16.1 Å². The van der Waals surface area contributed by atoms with Crippen molar-refractivity contribution in [3.8, 4) is 0 Å². The Morgan fingerprint density at radius 3 is 1.94 bits per heavy atom. The number of sulfonamides is 1. The first-order valence-electron chi connectivity index (χ1n) is 12.1. The molecule has 0 aromatic heterocycles. The van der Waals surface area contributed by atoms with Gasteiger partial charge in [-0.1, -0.05) is 29.8 Å². The van der Waals surface area contributed by atoms with Crippen molar-refractivity contribution >= 4 is 27.3 Å². The van der Waals surface area contributed by atoms with Gasteiger partial charge in [0.05, 0.1) is 11.9 Å². The lowest BCUT2D eigenvalue weighted by Crippen LogP contribution is -2.48. The third kappa shape index (κ3) is 4.30. The zero-order valence-electron chi connectivity index (χ0n) is 19.8. The zero-order chi connectivity index (χ0) is 23.4. The largest absolute Gasteiger partial charge is 0.324 e. The number of benzene rings is 2. The summed E-state index contributed by atoms with van der Waals surface area (Å²) in [6.07, 6.45) is 9.32. The topological polar surface area (TPSA) is 66.5 Å². The minimum absolute atomic E-state index is 0.323.